The number of amides is 2. The lowest BCUT2D eigenvalue weighted by Crippen LogP contribution is -2.20. The number of hydrogen-bond donors (Lipinski definition) is 2. The van der Waals surface area contributed by atoms with Crippen molar-refractivity contribution in [2.45, 2.75) is 0 Å². The largest absolute Gasteiger partial charge is 0.493 e. The van der Waals surface area contributed by atoms with Gasteiger partial charge in [-0.3, -0.25) is 9.59 Å². The maximum atomic E-state index is 12.5. The highest BCUT2D eigenvalue weighted by molar-refractivity contribution is 8.19. The van der Waals surface area contributed by atoms with Crippen LogP contribution < -0.4 is 20.1 Å². The van der Waals surface area contributed by atoms with Gasteiger partial charge in [0.25, 0.3) is 11.1 Å². The Hall–Kier alpha value is -3.36. The van der Waals surface area contributed by atoms with Crippen molar-refractivity contribution in [3.05, 3.63) is 71.1 Å². The molecule has 2 N–H and O–H groups in total. The molecule has 1 heterocycles. The number of nitrogens with one attached hydrogen (secondary N) is 2. The fraction of sp³-hybridized carbons (Fsp3) is 0.0870. The summed E-state index contributed by atoms with van der Waals surface area (Å²) in [5, 5.41) is 7.28. The fourth-order valence-electron chi connectivity index (χ4n) is 3.13. The highest BCUT2D eigenvalue weighted by atomic mass is 32.2. The quantitative estimate of drug-likeness (QED) is 0.407. The Morgan fingerprint density at radius 2 is 1.94 bits per heavy atom. The summed E-state index contributed by atoms with van der Waals surface area (Å²) in [7, 11) is 1.52. The molecule has 8 heteroatoms. The van der Waals surface area contributed by atoms with E-state index in [0.717, 1.165) is 33.8 Å². The number of thiocarbonyl (C=S) groups is 1. The van der Waals surface area contributed by atoms with Crippen LogP contribution in [0.4, 0.5) is 10.5 Å². The van der Waals surface area contributed by atoms with Gasteiger partial charge in [0, 0.05) is 11.1 Å². The second kappa shape index (κ2) is 9.20. The maximum Gasteiger partial charge on any atom is 0.289 e. The van der Waals surface area contributed by atoms with Crippen LogP contribution in [0.25, 0.3) is 16.8 Å². The maximum absolute atomic E-state index is 12.5. The molecule has 4 rings (SSSR count). The van der Waals surface area contributed by atoms with Gasteiger partial charge in [-0.25, -0.2) is 0 Å². The third-order valence-electron chi connectivity index (χ3n) is 4.55. The van der Waals surface area contributed by atoms with Gasteiger partial charge in [-0.05, 0) is 47.0 Å². The molecule has 1 aliphatic heterocycles. The lowest BCUT2D eigenvalue weighted by atomic mass is 10.1. The van der Waals surface area contributed by atoms with Gasteiger partial charge in [0.15, 0.2) is 18.1 Å². The molecule has 156 valence electrons. The van der Waals surface area contributed by atoms with E-state index >= 15 is 0 Å². The van der Waals surface area contributed by atoms with Crippen molar-refractivity contribution in [1.29, 1.82) is 0 Å². The van der Waals surface area contributed by atoms with Crippen molar-refractivity contribution in [2.24, 2.45) is 0 Å². The number of fused-ring (bicyclic) bond motifs is 1. The van der Waals surface area contributed by atoms with Crippen molar-refractivity contribution in [2.75, 3.05) is 19.0 Å². The molecule has 3 aromatic carbocycles. The minimum absolute atomic E-state index is 0.168. The van der Waals surface area contributed by atoms with Crippen LogP contribution in [0.2, 0.25) is 0 Å². The number of hydrogen-bond acceptors (Lipinski definition) is 6. The van der Waals surface area contributed by atoms with Gasteiger partial charge in [0.1, 0.15) is 4.99 Å². The molecule has 0 saturated carbocycles. The molecule has 1 saturated heterocycles. The van der Waals surface area contributed by atoms with Crippen LogP contribution in [0.1, 0.15) is 5.56 Å². The van der Waals surface area contributed by atoms with E-state index in [1.54, 1.807) is 24.3 Å². The molecule has 2 amide bonds. The van der Waals surface area contributed by atoms with Crippen molar-refractivity contribution < 1.29 is 19.1 Å². The highest BCUT2D eigenvalue weighted by Crippen LogP contribution is 2.32. The molecule has 1 aliphatic rings. The van der Waals surface area contributed by atoms with Gasteiger partial charge >= 0.3 is 0 Å². The van der Waals surface area contributed by atoms with Crippen LogP contribution in [0.3, 0.4) is 0 Å². The van der Waals surface area contributed by atoms with Gasteiger partial charge in [-0.1, -0.05) is 54.7 Å². The SMILES string of the molecule is COc1cc(/C=C2\SC(=O)NC2=S)ccc1OCC(=O)Nc1cccc2ccccc12. The third-order valence-corrected chi connectivity index (χ3v) is 5.83. The summed E-state index contributed by atoms with van der Waals surface area (Å²) in [5.41, 5.74) is 1.53. The average Bonchev–Trinajstić information content (AvgIpc) is 3.09. The van der Waals surface area contributed by atoms with Crippen LogP contribution in [-0.4, -0.2) is 29.9 Å². The van der Waals surface area contributed by atoms with E-state index in [0.29, 0.717) is 21.4 Å². The fourth-order valence-corrected chi connectivity index (χ4v) is 4.16. The van der Waals surface area contributed by atoms with Crippen LogP contribution in [0.5, 0.6) is 11.5 Å². The Balaban J connectivity index is 1.44. The number of methoxy groups -OCH3 is 1. The molecule has 1 fully saturated rings. The first-order chi connectivity index (χ1) is 15.0. The Kier molecular flexibility index (Phi) is 6.20. The smallest absolute Gasteiger partial charge is 0.289 e. The zero-order valence-corrected chi connectivity index (χ0v) is 18.1. The van der Waals surface area contributed by atoms with Gasteiger partial charge < -0.3 is 20.1 Å². The molecular weight excluding hydrogens is 432 g/mol. The molecule has 0 unspecified atom stereocenters. The predicted molar refractivity (Wildman–Crippen MR) is 128 cm³/mol. The Morgan fingerprint density at radius 3 is 2.71 bits per heavy atom. The number of carbonyl (C=O) groups is 2. The molecule has 3 aromatic rings. The molecule has 0 bridgehead atoms. The summed E-state index contributed by atoms with van der Waals surface area (Å²) >= 11 is 6.18. The van der Waals surface area contributed by atoms with Gasteiger partial charge in [-0.15, -0.1) is 0 Å². The first-order valence-electron chi connectivity index (χ1n) is 9.37. The standard InChI is InChI=1S/C23H18N2O4S2/c1-28-19-11-14(12-20-22(30)25-23(27)31-20)9-10-18(19)29-13-21(26)24-17-8-4-6-15-5-2-3-7-16(15)17/h2-12H,13H2,1H3,(H,24,26)(H,25,27,30)/b20-12-. The zero-order valence-electron chi connectivity index (χ0n) is 16.5. The normalized spacial score (nSPS) is 14.5. The second-order valence-corrected chi connectivity index (χ2v) is 8.05. The number of thioether (sulfide) groups is 1. The lowest BCUT2D eigenvalue weighted by Gasteiger charge is -2.12. The molecule has 0 spiro atoms. The minimum atomic E-state index is -0.276. The van der Waals surface area contributed by atoms with E-state index in [-0.39, 0.29) is 17.8 Å². The Bertz CT molecular complexity index is 1220. The molecule has 6 nitrogen and oxygen atoms in total. The summed E-state index contributed by atoms with van der Waals surface area (Å²) in [6, 6.07) is 18.9. The van der Waals surface area contributed by atoms with E-state index < -0.39 is 0 Å². The van der Waals surface area contributed by atoms with Crippen molar-refractivity contribution in [3.63, 3.8) is 0 Å². The van der Waals surface area contributed by atoms with Crippen LogP contribution in [0.15, 0.2) is 65.6 Å². The number of ether oxygens (including phenoxy) is 2. The van der Waals surface area contributed by atoms with Crippen LogP contribution in [0, 0.1) is 0 Å². The predicted octanol–water partition coefficient (Wildman–Crippen LogP) is 4.99. The summed E-state index contributed by atoms with van der Waals surface area (Å²) in [6.07, 6.45) is 1.80. The number of anilines is 1. The number of carbonyl (C=O) groups excluding carboxylic acids is 2. The molecule has 0 radical (unpaired) electrons. The summed E-state index contributed by atoms with van der Waals surface area (Å²) in [4.78, 5) is 24.9. The third kappa shape index (κ3) is 4.87. The van der Waals surface area contributed by atoms with E-state index in [9.17, 15) is 9.59 Å². The van der Waals surface area contributed by atoms with Crippen LogP contribution in [-0.2, 0) is 4.79 Å². The van der Waals surface area contributed by atoms with E-state index in [2.05, 4.69) is 10.6 Å². The first-order valence-corrected chi connectivity index (χ1v) is 10.6. The summed E-state index contributed by atoms with van der Waals surface area (Å²) in [6.45, 7) is -0.168. The Labute approximate surface area is 188 Å². The second-order valence-electron chi connectivity index (χ2n) is 6.63. The summed E-state index contributed by atoms with van der Waals surface area (Å²) < 4.78 is 11.1. The van der Waals surface area contributed by atoms with Gasteiger partial charge in [0.05, 0.1) is 12.0 Å². The zero-order chi connectivity index (χ0) is 21.8. The van der Waals surface area contributed by atoms with Crippen molar-refractivity contribution in [3.8, 4) is 11.5 Å². The van der Waals surface area contributed by atoms with Crippen molar-refractivity contribution >= 4 is 62.7 Å². The molecule has 0 aromatic heterocycles. The van der Waals surface area contributed by atoms with Gasteiger partial charge in [0.2, 0.25) is 0 Å². The lowest BCUT2D eigenvalue weighted by molar-refractivity contribution is -0.118. The highest BCUT2D eigenvalue weighted by Gasteiger charge is 2.21. The minimum Gasteiger partial charge on any atom is -0.493 e. The topological polar surface area (TPSA) is 76.7 Å². The number of rotatable bonds is 6. The molecular formula is C23H18N2O4S2. The Morgan fingerprint density at radius 1 is 1.13 bits per heavy atom. The number of benzene rings is 3. The van der Waals surface area contributed by atoms with E-state index in [1.165, 1.54) is 7.11 Å². The van der Waals surface area contributed by atoms with Crippen molar-refractivity contribution in [1.82, 2.24) is 5.32 Å². The molecule has 0 atom stereocenters. The van der Waals surface area contributed by atoms with E-state index in [1.807, 2.05) is 42.5 Å². The van der Waals surface area contributed by atoms with Gasteiger partial charge in [-0.2, -0.15) is 0 Å². The monoisotopic (exact) mass is 450 g/mol. The summed E-state index contributed by atoms with van der Waals surface area (Å²) in [5.74, 6) is 0.635. The van der Waals surface area contributed by atoms with Crippen LogP contribution >= 0.6 is 24.0 Å². The molecule has 0 aliphatic carbocycles. The average molecular weight is 451 g/mol. The molecule has 31 heavy (non-hydrogen) atoms. The first kappa shape index (κ1) is 20.9. The van der Waals surface area contributed by atoms with E-state index in [4.69, 9.17) is 21.7 Å².